The van der Waals surface area contributed by atoms with Crippen LogP contribution in [0.1, 0.15) is 297 Å². The maximum Gasteiger partial charge on any atom is 0.324 e. The molecule has 0 N–H and O–H groups in total. The second-order valence-electron chi connectivity index (χ2n) is 21.3. The molecule has 0 amide bonds. The molecule has 5 heteroatoms. The average molecular weight is 1060 g/mol. The lowest BCUT2D eigenvalue weighted by Crippen LogP contribution is -2.33. The Kier molecular flexibility index (Phi) is 57.8. The number of esters is 2. The number of hydrogen-bond acceptors (Lipinski definition) is 5. The van der Waals surface area contributed by atoms with Crippen LogP contribution in [0, 0.1) is 11.8 Å². The minimum atomic E-state index is -0.970. The number of ketones is 2. The summed E-state index contributed by atoms with van der Waals surface area (Å²) in [4.78, 5) is 55.5. The first-order valence-corrected chi connectivity index (χ1v) is 32.2. The molecule has 77 heavy (non-hydrogen) atoms. The highest BCUT2D eigenvalue weighted by atomic mass is 16.6. The molecule has 2 atom stereocenters. The van der Waals surface area contributed by atoms with E-state index in [1.165, 1.54) is 51.4 Å². The zero-order valence-corrected chi connectivity index (χ0v) is 50.4. The van der Waals surface area contributed by atoms with Crippen molar-refractivity contribution >= 4 is 23.5 Å². The fourth-order valence-electron chi connectivity index (χ4n) is 9.21. The van der Waals surface area contributed by atoms with Crippen molar-refractivity contribution in [2.24, 2.45) is 11.8 Å². The molecule has 0 saturated heterocycles. The predicted octanol–water partition coefficient (Wildman–Crippen LogP) is 22.5. The maximum atomic E-state index is 13.9. The van der Waals surface area contributed by atoms with Crippen LogP contribution in [-0.4, -0.2) is 23.5 Å². The summed E-state index contributed by atoms with van der Waals surface area (Å²) in [5.41, 5.74) is 0. The van der Waals surface area contributed by atoms with E-state index in [0.717, 1.165) is 193 Å². The van der Waals surface area contributed by atoms with E-state index < -0.39 is 23.8 Å². The van der Waals surface area contributed by atoms with Crippen LogP contribution in [0.5, 0.6) is 0 Å². The molecule has 0 saturated carbocycles. The average Bonchev–Trinajstić information content (AvgIpc) is 3.42. The summed E-state index contributed by atoms with van der Waals surface area (Å²) >= 11 is 0. The van der Waals surface area contributed by atoms with Gasteiger partial charge < -0.3 is 4.74 Å². The van der Waals surface area contributed by atoms with Crippen molar-refractivity contribution in [2.45, 2.75) is 297 Å². The Labute approximate surface area is 476 Å². The third-order valence-corrected chi connectivity index (χ3v) is 14.1. The highest BCUT2D eigenvalue weighted by Gasteiger charge is 2.34. The van der Waals surface area contributed by atoms with Crippen molar-refractivity contribution in [2.75, 3.05) is 0 Å². The quantitative estimate of drug-likeness (QED) is 0.0262. The summed E-state index contributed by atoms with van der Waals surface area (Å²) in [6, 6.07) is 0. The number of hydrogen-bond donors (Lipinski definition) is 0. The van der Waals surface area contributed by atoms with Crippen LogP contribution in [0.2, 0.25) is 0 Å². The van der Waals surface area contributed by atoms with E-state index in [0.29, 0.717) is 25.7 Å². The van der Waals surface area contributed by atoms with Crippen LogP contribution < -0.4 is 0 Å². The van der Waals surface area contributed by atoms with Gasteiger partial charge in [0.2, 0.25) is 0 Å². The maximum absolute atomic E-state index is 13.9. The molecule has 0 fully saturated rings. The van der Waals surface area contributed by atoms with Gasteiger partial charge in [-0.15, -0.1) is 0 Å². The number of rotatable bonds is 56. The molecule has 0 aliphatic carbocycles. The summed E-state index contributed by atoms with van der Waals surface area (Å²) in [5, 5.41) is 0. The van der Waals surface area contributed by atoms with Gasteiger partial charge in [-0.2, -0.15) is 0 Å². The number of ether oxygens (including phenoxy) is 1. The summed E-state index contributed by atoms with van der Waals surface area (Å²) < 4.78 is 5.64. The van der Waals surface area contributed by atoms with Crippen LogP contribution in [0.4, 0.5) is 0 Å². The van der Waals surface area contributed by atoms with E-state index in [4.69, 9.17) is 4.74 Å². The highest BCUT2D eigenvalue weighted by molar-refractivity contribution is 6.06. The SMILES string of the molecule is CC/C=C\C/C=C\C/C=C\CCCCCCC(C(=O)CCCCCCC/C=C\C/C=C\CCCCC)C(=O)OC(=O)C(CCCCCC/C=C\C/C=C\C/C=C\CC)C(=O)CCCCCCC/C=C\C/C=C\CCCCC. The molecular weight excluding hydrogens is 945 g/mol. The number of unbranched alkanes of at least 4 members (excludes halogenated alkanes) is 24. The topological polar surface area (TPSA) is 77.5 Å². The number of Topliss-reactive ketones (excluding diaryl/α,β-unsaturated/α-hetero) is 2. The van der Waals surface area contributed by atoms with Crippen LogP contribution in [-0.2, 0) is 23.9 Å². The fourth-order valence-corrected chi connectivity index (χ4v) is 9.21. The number of carbonyl (C=O) groups excluding carboxylic acids is 4. The molecule has 0 radical (unpaired) electrons. The summed E-state index contributed by atoms with van der Waals surface area (Å²) in [6.07, 6.45) is 85.6. The molecule has 0 aromatic heterocycles. The highest BCUT2D eigenvalue weighted by Crippen LogP contribution is 2.23. The van der Waals surface area contributed by atoms with Crippen LogP contribution in [0.15, 0.2) is 122 Å². The zero-order chi connectivity index (χ0) is 56.0. The van der Waals surface area contributed by atoms with Gasteiger partial charge in [0, 0.05) is 12.8 Å². The zero-order valence-electron chi connectivity index (χ0n) is 50.4. The normalized spacial score (nSPS) is 13.4. The van der Waals surface area contributed by atoms with Crippen molar-refractivity contribution in [1.29, 1.82) is 0 Å². The smallest absolute Gasteiger partial charge is 0.324 e. The van der Waals surface area contributed by atoms with E-state index in [1.54, 1.807) is 0 Å². The molecule has 2 unspecified atom stereocenters. The number of allylic oxidation sites excluding steroid dienone is 20. The summed E-state index contributed by atoms with van der Waals surface area (Å²) in [6.45, 7) is 8.77. The lowest BCUT2D eigenvalue weighted by molar-refractivity contribution is -0.167. The largest absolute Gasteiger partial charge is 0.392 e. The first-order chi connectivity index (χ1) is 37.9. The molecule has 0 rings (SSSR count). The Morgan fingerprint density at radius 3 is 0.792 bits per heavy atom. The van der Waals surface area contributed by atoms with E-state index in [2.05, 4.69) is 149 Å². The molecule has 436 valence electrons. The molecule has 0 aliphatic heterocycles. The van der Waals surface area contributed by atoms with Gasteiger partial charge in [-0.25, -0.2) is 0 Å². The van der Waals surface area contributed by atoms with Crippen LogP contribution in [0.25, 0.3) is 0 Å². The molecule has 0 aliphatic rings. The molecule has 0 bridgehead atoms. The van der Waals surface area contributed by atoms with E-state index in [-0.39, 0.29) is 11.6 Å². The van der Waals surface area contributed by atoms with E-state index in [9.17, 15) is 19.2 Å². The van der Waals surface area contributed by atoms with Gasteiger partial charge in [0.05, 0.1) is 0 Å². The summed E-state index contributed by atoms with van der Waals surface area (Å²) in [7, 11) is 0. The Hall–Kier alpha value is -4.12. The third kappa shape index (κ3) is 52.4. The minimum Gasteiger partial charge on any atom is -0.392 e. The van der Waals surface area contributed by atoms with Crippen molar-refractivity contribution < 1.29 is 23.9 Å². The van der Waals surface area contributed by atoms with Gasteiger partial charge in [-0.3, -0.25) is 19.2 Å². The molecule has 5 nitrogen and oxygen atoms in total. The van der Waals surface area contributed by atoms with Crippen LogP contribution >= 0.6 is 0 Å². The Morgan fingerprint density at radius 1 is 0.273 bits per heavy atom. The van der Waals surface area contributed by atoms with Crippen LogP contribution in [0.3, 0.4) is 0 Å². The third-order valence-electron chi connectivity index (χ3n) is 14.1. The molecule has 0 spiro atoms. The van der Waals surface area contributed by atoms with Crippen molar-refractivity contribution in [1.82, 2.24) is 0 Å². The lowest BCUT2D eigenvalue weighted by Gasteiger charge is -2.18. The van der Waals surface area contributed by atoms with Gasteiger partial charge in [0.25, 0.3) is 0 Å². The van der Waals surface area contributed by atoms with Crippen molar-refractivity contribution in [3.63, 3.8) is 0 Å². The summed E-state index contributed by atoms with van der Waals surface area (Å²) in [5.74, 6) is -3.70. The van der Waals surface area contributed by atoms with E-state index >= 15 is 0 Å². The second kappa shape index (κ2) is 61.1. The van der Waals surface area contributed by atoms with Crippen molar-refractivity contribution in [3.05, 3.63) is 122 Å². The van der Waals surface area contributed by atoms with Gasteiger partial charge in [0.15, 0.2) is 0 Å². The second-order valence-corrected chi connectivity index (χ2v) is 21.3. The minimum absolute atomic E-state index is 0.128. The Bertz CT molecular complexity index is 1560. The standard InChI is InChI=1S/C72H118O5/c1-5-9-13-17-21-25-29-33-37-41-45-49-53-57-61-65-69(73)67(63-59-55-51-47-43-39-35-31-27-23-19-15-11-7-3)71(75)77-72(76)68(64-60-56-52-48-44-40-36-32-28-24-20-16-12-8-4)70(74)66-62-58-54-50-46-42-38-34-30-26-22-18-14-10-6-2/h11-12,15-16,21-28,33-40,67-68H,5-10,13-14,17-20,29-32,41-66H2,1-4H3/b15-11-,16-12-,25-21-,26-22-,27-23-,28-24-,37-33-,38-34-,39-35-,40-36-. The monoisotopic (exact) mass is 1060 g/mol. The first kappa shape index (κ1) is 72.9. The van der Waals surface area contributed by atoms with Crippen molar-refractivity contribution in [3.8, 4) is 0 Å². The predicted molar refractivity (Wildman–Crippen MR) is 336 cm³/mol. The van der Waals surface area contributed by atoms with Gasteiger partial charge in [0.1, 0.15) is 23.4 Å². The Morgan fingerprint density at radius 2 is 0.506 bits per heavy atom. The molecule has 0 aromatic rings. The first-order valence-electron chi connectivity index (χ1n) is 32.2. The molecule has 0 aromatic carbocycles. The number of carbonyl (C=O) groups is 4. The van der Waals surface area contributed by atoms with Gasteiger partial charge >= 0.3 is 11.9 Å². The Balaban J connectivity index is 5.49. The van der Waals surface area contributed by atoms with Gasteiger partial charge in [-0.05, 0) is 154 Å². The lowest BCUT2D eigenvalue weighted by atomic mass is 9.91. The molecule has 0 heterocycles. The van der Waals surface area contributed by atoms with E-state index in [1.807, 2.05) is 0 Å². The van der Waals surface area contributed by atoms with Gasteiger partial charge in [-0.1, -0.05) is 252 Å². The fraction of sp³-hybridized carbons (Fsp3) is 0.667. The molecular formula is C72H118O5.